The van der Waals surface area contributed by atoms with Gasteiger partial charge in [0, 0.05) is 6.20 Å². The summed E-state index contributed by atoms with van der Waals surface area (Å²) in [6.45, 7) is 1.92. The first-order valence-corrected chi connectivity index (χ1v) is 5.50. The van der Waals surface area contributed by atoms with Crippen molar-refractivity contribution in [3.63, 3.8) is 0 Å². The van der Waals surface area contributed by atoms with Crippen LogP contribution in [0.4, 0.5) is 5.69 Å². The van der Waals surface area contributed by atoms with E-state index < -0.39 is 0 Å². The van der Waals surface area contributed by atoms with Crippen molar-refractivity contribution in [2.45, 2.75) is 18.2 Å². The van der Waals surface area contributed by atoms with Crippen molar-refractivity contribution in [3.05, 3.63) is 23.5 Å². The van der Waals surface area contributed by atoms with Gasteiger partial charge in [0.15, 0.2) is 5.15 Å². The van der Waals surface area contributed by atoms with E-state index in [4.69, 9.17) is 11.6 Å². The average molecular weight is 278 g/mol. The molecule has 1 heterocycles. The lowest BCUT2D eigenvalue weighted by Crippen LogP contribution is -2.22. The summed E-state index contributed by atoms with van der Waals surface area (Å²) in [5, 5.41) is 2.98. The lowest BCUT2D eigenvalue weighted by atomic mass is 10.3. The van der Waals surface area contributed by atoms with E-state index in [0.29, 0.717) is 10.8 Å². The van der Waals surface area contributed by atoms with E-state index >= 15 is 0 Å². The van der Waals surface area contributed by atoms with Crippen LogP contribution in [0.25, 0.3) is 0 Å². The van der Waals surface area contributed by atoms with E-state index in [1.807, 2.05) is 6.92 Å². The number of amides is 1. The van der Waals surface area contributed by atoms with E-state index in [1.54, 1.807) is 18.3 Å². The summed E-state index contributed by atoms with van der Waals surface area (Å²) < 4.78 is 0. The lowest BCUT2D eigenvalue weighted by Gasteiger charge is -2.08. The van der Waals surface area contributed by atoms with Crippen molar-refractivity contribution in [1.29, 1.82) is 0 Å². The molecule has 0 aromatic carbocycles. The molecule has 1 amide bonds. The maximum atomic E-state index is 11.5. The molecule has 3 nitrogen and oxygen atoms in total. The third-order valence-corrected chi connectivity index (χ3v) is 3.02. The molecule has 0 radical (unpaired) electrons. The minimum Gasteiger partial charge on any atom is -0.322 e. The first-order valence-electron chi connectivity index (χ1n) is 4.20. The first kappa shape index (κ1) is 11.5. The molecule has 1 atom stereocenters. The molecule has 14 heavy (non-hydrogen) atoms. The monoisotopic (exact) mass is 276 g/mol. The Labute approximate surface area is 96.0 Å². The molecule has 0 aliphatic carbocycles. The highest BCUT2D eigenvalue weighted by Gasteiger charge is 2.13. The van der Waals surface area contributed by atoms with Crippen molar-refractivity contribution in [3.8, 4) is 0 Å². The highest BCUT2D eigenvalue weighted by molar-refractivity contribution is 9.10. The van der Waals surface area contributed by atoms with Crippen molar-refractivity contribution in [2.75, 3.05) is 5.32 Å². The van der Waals surface area contributed by atoms with Crippen LogP contribution in [-0.4, -0.2) is 15.7 Å². The molecule has 0 fully saturated rings. The molecule has 0 aliphatic rings. The summed E-state index contributed by atoms with van der Waals surface area (Å²) in [7, 11) is 0. The molecular formula is C9H10BrClN2O. The van der Waals surface area contributed by atoms with Gasteiger partial charge in [-0.15, -0.1) is 0 Å². The number of pyridine rings is 1. The van der Waals surface area contributed by atoms with Crippen molar-refractivity contribution in [2.24, 2.45) is 0 Å². The smallest absolute Gasteiger partial charge is 0.238 e. The fourth-order valence-electron chi connectivity index (χ4n) is 0.876. The largest absolute Gasteiger partial charge is 0.322 e. The van der Waals surface area contributed by atoms with E-state index in [1.165, 1.54) is 0 Å². The number of carbonyl (C=O) groups is 1. The number of hydrogen-bond acceptors (Lipinski definition) is 2. The Morgan fingerprint density at radius 3 is 3.07 bits per heavy atom. The van der Waals surface area contributed by atoms with E-state index in [0.717, 1.165) is 6.42 Å². The second-order valence-corrected chi connectivity index (χ2v) is 4.17. The maximum absolute atomic E-state index is 11.5. The molecule has 1 N–H and O–H groups in total. The van der Waals surface area contributed by atoms with Crippen molar-refractivity contribution >= 4 is 39.1 Å². The standard InChI is InChI=1S/C9H10BrClN2O/c1-2-6(10)9(14)13-7-4-3-5-12-8(7)11/h3-6H,2H2,1H3,(H,13,14). The van der Waals surface area contributed by atoms with Gasteiger partial charge in [0.1, 0.15) is 0 Å². The zero-order chi connectivity index (χ0) is 10.6. The summed E-state index contributed by atoms with van der Waals surface area (Å²) >= 11 is 9.02. The predicted molar refractivity (Wildman–Crippen MR) is 60.9 cm³/mol. The molecule has 0 saturated heterocycles. The third-order valence-electron chi connectivity index (χ3n) is 1.66. The topological polar surface area (TPSA) is 42.0 Å². The number of carbonyl (C=O) groups excluding carboxylic acids is 1. The van der Waals surface area contributed by atoms with Gasteiger partial charge >= 0.3 is 0 Å². The number of alkyl halides is 1. The molecule has 0 saturated carbocycles. The molecular weight excluding hydrogens is 267 g/mol. The zero-order valence-corrected chi connectivity index (χ0v) is 9.97. The SMILES string of the molecule is CCC(Br)C(=O)Nc1cccnc1Cl. The third kappa shape index (κ3) is 2.96. The summed E-state index contributed by atoms with van der Waals surface area (Å²) in [4.78, 5) is 15.1. The van der Waals surface area contributed by atoms with Crippen LogP contribution in [0.5, 0.6) is 0 Å². The Balaban J connectivity index is 2.70. The molecule has 5 heteroatoms. The van der Waals surface area contributed by atoms with E-state index in [9.17, 15) is 4.79 Å². The average Bonchev–Trinajstić information content (AvgIpc) is 2.20. The fourth-order valence-corrected chi connectivity index (χ4v) is 1.16. The molecule has 1 unspecified atom stereocenters. The van der Waals surface area contributed by atoms with Gasteiger partial charge < -0.3 is 5.32 Å². The molecule has 0 spiro atoms. The summed E-state index contributed by atoms with van der Waals surface area (Å²) in [6, 6.07) is 3.43. The van der Waals surface area contributed by atoms with E-state index in [2.05, 4.69) is 26.2 Å². The number of aromatic nitrogens is 1. The van der Waals surface area contributed by atoms with Crippen molar-refractivity contribution in [1.82, 2.24) is 4.98 Å². The number of halogens is 2. The summed E-state index contributed by atoms with van der Waals surface area (Å²) in [6.07, 6.45) is 2.30. The summed E-state index contributed by atoms with van der Waals surface area (Å²) in [5.74, 6) is -0.109. The zero-order valence-electron chi connectivity index (χ0n) is 7.63. The second-order valence-electron chi connectivity index (χ2n) is 2.71. The minimum atomic E-state index is -0.196. The van der Waals surface area contributed by atoms with E-state index in [-0.39, 0.29) is 10.7 Å². The number of nitrogens with zero attached hydrogens (tertiary/aromatic N) is 1. The highest BCUT2D eigenvalue weighted by atomic mass is 79.9. The lowest BCUT2D eigenvalue weighted by molar-refractivity contribution is -0.115. The maximum Gasteiger partial charge on any atom is 0.238 e. The Morgan fingerprint density at radius 2 is 2.50 bits per heavy atom. The Bertz CT molecular complexity index is 332. The van der Waals surface area contributed by atoms with Gasteiger partial charge in [0.2, 0.25) is 5.91 Å². The van der Waals surface area contributed by atoms with Crippen molar-refractivity contribution < 1.29 is 4.79 Å². The van der Waals surface area contributed by atoms with Gasteiger partial charge in [0.25, 0.3) is 0 Å². The van der Waals surface area contributed by atoms with Crippen LogP contribution in [0.15, 0.2) is 18.3 Å². The quantitative estimate of drug-likeness (QED) is 0.682. The Morgan fingerprint density at radius 1 is 1.79 bits per heavy atom. The van der Waals surface area contributed by atoms with Gasteiger partial charge in [-0.1, -0.05) is 34.5 Å². The van der Waals surface area contributed by atoms with Crippen LogP contribution >= 0.6 is 27.5 Å². The van der Waals surface area contributed by atoms with Crippen LogP contribution in [0.1, 0.15) is 13.3 Å². The van der Waals surface area contributed by atoms with Gasteiger partial charge in [-0.2, -0.15) is 0 Å². The molecule has 0 aliphatic heterocycles. The van der Waals surface area contributed by atoms with Crippen LogP contribution in [-0.2, 0) is 4.79 Å². The fraction of sp³-hybridized carbons (Fsp3) is 0.333. The van der Waals surface area contributed by atoms with Crippen LogP contribution in [0.2, 0.25) is 5.15 Å². The number of nitrogens with one attached hydrogen (secondary N) is 1. The first-order chi connectivity index (χ1) is 6.65. The van der Waals surface area contributed by atoms with Gasteiger partial charge in [0.05, 0.1) is 10.5 Å². The highest BCUT2D eigenvalue weighted by Crippen LogP contribution is 2.18. The predicted octanol–water partition coefficient (Wildman–Crippen LogP) is 2.85. The van der Waals surface area contributed by atoms with Gasteiger partial charge in [-0.25, -0.2) is 4.98 Å². The minimum absolute atomic E-state index is 0.109. The molecule has 1 aromatic rings. The van der Waals surface area contributed by atoms with Gasteiger partial charge in [-0.3, -0.25) is 4.79 Å². The molecule has 0 bridgehead atoms. The normalized spacial score (nSPS) is 12.2. The second kappa shape index (κ2) is 5.32. The van der Waals surface area contributed by atoms with Crippen LogP contribution < -0.4 is 5.32 Å². The van der Waals surface area contributed by atoms with Gasteiger partial charge in [-0.05, 0) is 18.6 Å². The number of anilines is 1. The molecule has 76 valence electrons. The number of rotatable bonds is 3. The van der Waals surface area contributed by atoms with Crippen LogP contribution in [0, 0.1) is 0 Å². The molecule has 1 rings (SSSR count). The number of hydrogen-bond donors (Lipinski definition) is 1. The Hall–Kier alpha value is -0.610. The van der Waals surface area contributed by atoms with Crippen LogP contribution in [0.3, 0.4) is 0 Å². The summed E-state index contributed by atoms with van der Waals surface area (Å²) in [5.41, 5.74) is 0.539. The Kier molecular flexibility index (Phi) is 4.35. The molecule has 1 aromatic heterocycles.